The lowest BCUT2D eigenvalue weighted by Crippen LogP contribution is -2.44. The maximum atomic E-state index is 12.9. The lowest BCUT2D eigenvalue weighted by atomic mass is 9.95. The molecule has 3 saturated heterocycles. The largest absolute Gasteiger partial charge is 0.361 e. The highest BCUT2D eigenvalue weighted by molar-refractivity contribution is 5.76. The Hall–Kier alpha value is -2.21. The Morgan fingerprint density at radius 2 is 2.11 bits per heavy atom. The predicted molar refractivity (Wildman–Crippen MR) is 102 cm³/mol. The van der Waals surface area contributed by atoms with Gasteiger partial charge < -0.3 is 9.42 Å². The van der Waals surface area contributed by atoms with Crippen LogP contribution in [0.4, 0.5) is 0 Å². The van der Waals surface area contributed by atoms with Crippen molar-refractivity contribution < 1.29 is 9.32 Å². The van der Waals surface area contributed by atoms with E-state index in [0.717, 1.165) is 48.9 Å². The minimum atomic E-state index is 0.256. The van der Waals surface area contributed by atoms with E-state index < -0.39 is 0 Å². The zero-order chi connectivity index (χ0) is 18.8. The first-order chi connectivity index (χ1) is 13.1. The van der Waals surface area contributed by atoms with Gasteiger partial charge in [-0.05, 0) is 51.2 Å². The van der Waals surface area contributed by atoms with E-state index in [1.165, 1.54) is 12.8 Å². The number of hydrogen-bond donors (Lipinski definition) is 0. The molecule has 1 amide bonds. The molecule has 3 aliphatic rings. The highest BCUT2D eigenvalue weighted by atomic mass is 16.5. The summed E-state index contributed by atoms with van der Waals surface area (Å²) in [5.74, 6) is 1.65. The van der Waals surface area contributed by atoms with Crippen molar-refractivity contribution in [2.24, 2.45) is 5.92 Å². The van der Waals surface area contributed by atoms with Gasteiger partial charge in [0.1, 0.15) is 5.76 Å². The highest BCUT2D eigenvalue weighted by Gasteiger charge is 2.36. The van der Waals surface area contributed by atoms with Crippen LogP contribution in [0.15, 0.2) is 28.9 Å². The third-order valence-electron chi connectivity index (χ3n) is 6.04. The summed E-state index contributed by atoms with van der Waals surface area (Å²) in [7, 11) is 0. The van der Waals surface area contributed by atoms with Crippen LogP contribution in [0.1, 0.15) is 42.0 Å². The second-order valence-corrected chi connectivity index (χ2v) is 7.95. The van der Waals surface area contributed by atoms with Crippen molar-refractivity contribution in [1.82, 2.24) is 19.9 Å². The van der Waals surface area contributed by atoms with Crippen molar-refractivity contribution in [2.75, 3.05) is 19.6 Å². The monoisotopic (exact) mass is 368 g/mol. The SMILES string of the molecule is Cc1noc(C)c1CCC(=O)N1C[C@H]2CC[C@@H](C1)N(Cc1ccccn1)C2. The van der Waals surface area contributed by atoms with Crippen LogP contribution in [0, 0.1) is 19.8 Å². The summed E-state index contributed by atoms with van der Waals surface area (Å²) < 4.78 is 5.22. The van der Waals surface area contributed by atoms with Gasteiger partial charge in [-0.25, -0.2) is 0 Å². The Morgan fingerprint density at radius 3 is 2.85 bits per heavy atom. The fraction of sp³-hybridized carbons (Fsp3) is 0.571. The summed E-state index contributed by atoms with van der Waals surface area (Å²) in [5, 5.41) is 3.99. The zero-order valence-corrected chi connectivity index (χ0v) is 16.2. The molecule has 0 saturated carbocycles. The number of carbonyl (C=O) groups excluding carboxylic acids is 1. The van der Waals surface area contributed by atoms with Gasteiger partial charge in [0.25, 0.3) is 0 Å². The third-order valence-corrected chi connectivity index (χ3v) is 6.04. The molecule has 6 nitrogen and oxygen atoms in total. The summed E-state index contributed by atoms with van der Waals surface area (Å²) >= 11 is 0. The van der Waals surface area contributed by atoms with Gasteiger partial charge in [0.2, 0.25) is 5.91 Å². The molecule has 27 heavy (non-hydrogen) atoms. The number of fused-ring (bicyclic) bond motifs is 4. The molecule has 6 heteroatoms. The summed E-state index contributed by atoms with van der Waals surface area (Å²) in [6, 6.07) is 6.53. The van der Waals surface area contributed by atoms with E-state index in [1.54, 1.807) is 0 Å². The molecule has 0 aromatic carbocycles. The summed E-state index contributed by atoms with van der Waals surface area (Å²) in [6.07, 6.45) is 5.49. The molecule has 3 aliphatic heterocycles. The van der Waals surface area contributed by atoms with Crippen molar-refractivity contribution in [3.8, 4) is 0 Å². The number of hydrogen-bond acceptors (Lipinski definition) is 5. The molecular weight excluding hydrogens is 340 g/mol. The second-order valence-electron chi connectivity index (χ2n) is 7.95. The normalized spacial score (nSPS) is 22.8. The zero-order valence-electron chi connectivity index (χ0n) is 16.2. The number of aryl methyl sites for hydroxylation is 2. The lowest BCUT2D eigenvalue weighted by Gasteiger charge is -2.35. The standard InChI is InChI=1S/C21H28N4O2/c1-15-20(16(2)27-23-15)8-9-21(26)25-12-17-6-7-19(14-25)24(11-17)13-18-5-3-4-10-22-18/h3-5,10,17,19H,6-9,11-14H2,1-2H3/t17-,19-/m0/s1. The number of piperidine rings is 1. The summed E-state index contributed by atoms with van der Waals surface area (Å²) in [4.78, 5) is 22.0. The van der Waals surface area contributed by atoms with Crippen molar-refractivity contribution in [1.29, 1.82) is 0 Å². The Morgan fingerprint density at radius 1 is 1.22 bits per heavy atom. The molecule has 0 N–H and O–H groups in total. The Balaban J connectivity index is 1.38. The summed E-state index contributed by atoms with van der Waals surface area (Å²) in [6.45, 7) is 7.52. The van der Waals surface area contributed by atoms with Gasteiger partial charge in [-0.15, -0.1) is 0 Å². The Kier molecular flexibility index (Phi) is 5.25. The fourth-order valence-electron chi connectivity index (χ4n) is 4.52. The molecule has 0 unspecified atom stereocenters. The second kappa shape index (κ2) is 7.80. The van der Waals surface area contributed by atoms with Crippen LogP contribution >= 0.6 is 0 Å². The van der Waals surface area contributed by atoms with Gasteiger partial charge in [0, 0.05) is 50.4 Å². The first kappa shape index (κ1) is 18.2. The van der Waals surface area contributed by atoms with Crippen LogP contribution in [0.2, 0.25) is 0 Å². The quantitative estimate of drug-likeness (QED) is 0.812. The number of rotatable bonds is 5. The van der Waals surface area contributed by atoms with Gasteiger partial charge in [0.05, 0.1) is 11.4 Å². The van der Waals surface area contributed by atoms with Crippen LogP contribution in [0.5, 0.6) is 0 Å². The molecule has 3 fully saturated rings. The van der Waals surface area contributed by atoms with Crippen LogP contribution in [-0.2, 0) is 17.8 Å². The molecule has 0 spiro atoms. The number of aromatic nitrogens is 2. The van der Waals surface area contributed by atoms with E-state index in [1.807, 2.05) is 32.2 Å². The van der Waals surface area contributed by atoms with Gasteiger partial charge in [-0.2, -0.15) is 0 Å². The van der Waals surface area contributed by atoms with E-state index in [4.69, 9.17) is 4.52 Å². The van der Waals surface area contributed by atoms with Gasteiger partial charge in [-0.3, -0.25) is 14.7 Å². The van der Waals surface area contributed by atoms with E-state index in [9.17, 15) is 4.79 Å². The molecule has 2 aromatic rings. The number of carbonyl (C=O) groups is 1. The van der Waals surface area contributed by atoms with Crippen molar-refractivity contribution in [3.05, 3.63) is 47.1 Å². The fourth-order valence-corrected chi connectivity index (χ4v) is 4.52. The minimum Gasteiger partial charge on any atom is -0.361 e. The average Bonchev–Trinajstić information content (AvgIpc) is 2.84. The Labute approximate surface area is 160 Å². The average molecular weight is 368 g/mol. The van der Waals surface area contributed by atoms with Gasteiger partial charge in [0.15, 0.2) is 0 Å². The first-order valence-electron chi connectivity index (χ1n) is 9.93. The molecule has 5 heterocycles. The third kappa shape index (κ3) is 4.05. The molecule has 144 valence electrons. The van der Waals surface area contributed by atoms with E-state index in [2.05, 4.69) is 26.0 Å². The molecule has 0 aliphatic carbocycles. The molecule has 0 radical (unpaired) electrons. The van der Waals surface area contributed by atoms with Crippen molar-refractivity contribution >= 4 is 5.91 Å². The number of nitrogens with zero attached hydrogens (tertiary/aromatic N) is 4. The maximum absolute atomic E-state index is 12.9. The number of pyridine rings is 1. The van der Waals surface area contributed by atoms with E-state index in [-0.39, 0.29) is 5.91 Å². The van der Waals surface area contributed by atoms with Crippen LogP contribution < -0.4 is 0 Å². The Bertz CT molecular complexity index is 769. The lowest BCUT2D eigenvalue weighted by molar-refractivity contribution is -0.131. The van der Waals surface area contributed by atoms with Gasteiger partial charge in [-0.1, -0.05) is 11.2 Å². The van der Waals surface area contributed by atoms with Crippen LogP contribution in [-0.4, -0.2) is 51.5 Å². The van der Waals surface area contributed by atoms with Crippen molar-refractivity contribution in [3.63, 3.8) is 0 Å². The molecular formula is C21H28N4O2. The van der Waals surface area contributed by atoms with Crippen molar-refractivity contribution in [2.45, 2.75) is 52.1 Å². The molecule has 2 atom stereocenters. The molecule has 2 aromatic heterocycles. The molecule has 2 bridgehead atoms. The topological polar surface area (TPSA) is 62.5 Å². The number of amides is 1. The first-order valence-corrected chi connectivity index (χ1v) is 9.93. The maximum Gasteiger partial charge on any atom is 0.222 e. The molecule has 5 rings (SSSR count). The highest BCUT2D eigenvalue weighted by Crippen LogP contribution is 2.29. The minimum absolute atomic E-state index is 0.256. The predicted octanol–water partition coefficient (Wildman–Crippen LogP) is 2.74. The van der Waals surface area contributed by atoms with Crippen LogP contribution in [0.3, 0.4) is 0 Å². The summed E-state index contributed by atoms with van der Waals surface area (Å²) in [5.41, 5.74) is 3.09. The smallest absolute Gasteiger partial charge is 0.222 e. The van der Waals surface area contributed by atoms with E-state index in [0.29, 0.717) is 24.8 Å². The van der Waals surface area contributed by atoms with Crippen LogP contribution in [0.25, 0.3) is 0 Å². The van der Waals surface area contributed by atoms with E-state index >= 15 is 0 Å². The van der Waals surface area contributed by atoms with Gasteiger partial charge >= 0.3 is 0 Å².